The Morgan fingerprint density at radius 2 is 1.66 bits per heavy atom. The Morgan fingerprint density at radius 3 is 2.34 bits per heavy atom. The number of hydrogen-bond donors (Lipinski definition) is 1. The molecule has 0 amide bonds. The number of ether oxygens (including phenoxy) is 1. The van der Waals surface area contributed by atoms with E-state index in [1.54, 1.807) is 7.11 Å². The number of anilines is 2. The lowest BCUT2D eigenvalue weighted by atomic mass is 10.1. The summed E-state index contributed by atoms with van der Waals surface area (Å²) < 4.78 is 5.47. The first kappa shape index (κ1) is 19.2. The van der Waals surface area contributed by atoms with Crippen molar-refractivity contribution in [2.24, 2.45) is 0 Å². The molecule has 1 saturated heterocycles. The maximum atomic E-state index is 5.95. The van der Waals surface area contributed by atoms with Crippen LogP contribution in [0.15, 0.2) is 60.9 Å². The number of piperazine rings is 1. The highest BCUT2D eigenvalue weighted by Gasteiger charge is 2.20. The highest BCUT2D eigenvalue weighted by atomic mass is 16.5. The van der Waals surface area contributed by atoms with Gasteiger partial charge < -0.3 is 15.4 Å². The van der Waals surface area contributed by atoms with Crippen molar-refractivity contribution < 1.29 is 4.74 Å². The summed E-state index contributed by atoms with van der Waals surface area (Å²) >= 11 is 0. The van der Waals surface area contributed by atoms with Crippen molar-refractivity contribution in [1.29, 1.82) is 0 Å². The number of hydrogen-bond acceptors (Lipinski definition) is 6. The van der Waals surface area contributed by atoms with Crippen LogP contribution in [0, 0.1) is 0 Å². The van der Waals surface area contributed by atoms with Crippen LogP contribution in [0.4, 0.5) is 11.6 Å². The first-order valence-corrected chi connectivity index (χ1v) is 9.96. The number of aromatic nitrogens is 2. The Balaban J connectivity index is 1.33. The first-order chi connectivity index (χ1) is 14.2. The topological polar surface area (TPSA) is 67.5 Å². The molecule has 4 rings (SSSR count). The standard InChI is InChI=1S/C23H27N5O/c1-29-22-8-7-21(24)14-20(22)17-27-9-11-28(12-10-27)23-25-15-19(16-26-23)13-18-5-3-2-4-6-18/h2-8,14-16H,9-13,17,24H2,1H3. The second kappa shape index (κ2) is 8.92. The van der Waals surface area contributed by atoms with Gasteiger partial charge in [-0.2, -0.15) is 0 Å². The lowest BCUT2D eigenvalue weighted by molar-refractivity contribution is 0.245. The normalized spacial score (nSPS) is 14.7. The zero-order valence-corrected chi connectivity index (χ0v) is 16.8. The Morgan fingerprint density at radius 1 is 0.931 bits per heavy atom. The predicted molar refractivity (Wildman–Crippen MR) is 116 cm³/mol. The monoisotopic (exact) mass is 389 g/mol. The van der Waals surface area contributed by atoms with Crippen molar-refractivity contribution in [2.75, 3.05) is 43.9 Å². The van der Waals surface area contributed by atoms with E-state index in [4.69, 9.17) is 10.5 Å². The largest absolute Gasteiger partial charge is 0.496 e. The molecule has 3 aromatic rings. The van der Waals surface area contributed by atoms with Crippen molar-refractivity contribution in [3.63, 3.8) is 0 Å². The van der Waals surface area contributed by atoms with E-state index in [2.05, 4.69) is 44.0 Å². The summed E-state index contributed by atoms with van der Waals surface area (Å²) in [6.45, 7) is 4.55. The lowest BCUT2D eigenvalue weighted by Gasteiger charge is -2.35. The molecule has 6 heteroatoms. The maximum absolute atomic E-state index is 5.95. The Bertz CT molecular complexity index is 922. The van der Waals surface area contributed by atoms with E-state index >= 15 is 0 Å². The molecule has 0 spiro atoms. The average molecular weight is 390 g/mol. The van der Waals surface area contributed by atoms with Gasteiger partial charge in [-0.05, 0) is 29.3 Å². The molecule has 6 nitrogen and oxygen atoms in total. The number of benzene rings is 2. The highest BCUT2D eigenvalue weighted by Crippen LogP contribution is 2.23. The van der Waals surface area contributed by atoms with Crippen LogP contribution in [0.2, 0.25) is 0 Å². The van der Waals surface area contributed by atoms with E-state index < -0.39 is 0 Å². The van der Waals surface area contributed by atoms with Gasteiger partial charge in [0.1, 0.15) is 5.75 Å². The van der Waals surface area contributed by atoms with E-state index in [1.807, 2.05) is 36.7 Å². The van der Waals surface area contributed by atoms with Gasteiger partial charge in [-0.3, -0.25) is 4.90 Å². The molecule has 0 radical (unpaired) electrons. The van der Waals surface area contributed by atoms with Gasteiger partial charge in [0.2, 0.25) is 5.95 Å². The maximum Gasteiger partial charge on any atom is 0.225 e. The van der Waals surface area contributed by atoms with Crippen LogP contribution in [0.25, 0.3) is 0 Å². The summed E-state index contributed by atoms with van der Waals surface area (Å²) in [5.74, 6) is 1.70. The van der Waals surface area contributed by atoms with Gasteiger partial charge in [0, 0.05) is 62.8 Å². The predicted octanol–water partition coefficient (Wildman–Crippen LogP) is 2.98. The number of nitrogens with two attached hydrogens (primary N) is 1. The zero-order chi connectivity index (χ0) is 20.1. The number of nitrogens with zero attached hydrogens (tertiary/aromatic N) is 4. The molecule has 2 aromatic carbocycles. The van der Waals surface area contributed by atoms with Crippen LogP contribution < -0.4 is 15.4 Å². The molecule has 1 aromatic heterocycles. The van der Waals surface area contributed by atoms with Gasteiger partial charge in [-0.1, -0.05) is 30.3 Å². The summed E-state index contributed by atoms with van der Waals surface area (Å²) in [4.78, 5) is 13.9. The molecule has 0 saturated carbocycles. The molecule has 0 aliphatic carbocycles. The van der Waals surface area contributed by atoms with E-state index in [0.29, 0.717) is 0 Å². The molecule has 2 heterocycles. The van der Waals surface area contributed by atoms with Crippen LogP contribution in [0.1, 0.15) is 16.7 Å². The van der Waals surface area contributed by atoms with Crippen molar-refractivity contribution in [3.05, 3.63) is 77.6 Å². The summed E-state index contributed by atoms with van der Waals surface area (Å²) in [5, 5.41) is 0. The molecule has 0 atom stereocenters. The van der Waals surface area contributed by atoms with E-state index in [9.17, 15) is 0 Å². The van der Waals surface area contributed by atoms with Gasteiger partial charge in [0.15, 0.2) is 0 Å². The van der Waals surface area contributed by atoms with Crippen molar-refractivity contribution >= 4 is 11.6 Å². The average Bonchev–Trinajstić information content (AvgIpc) is 2.76. The number of methoxy groups -OCH3 is 1. The third-order valence-electron chi connectivity index (χ3n) is 5.30. The minimum Gasteiger partial charge on any atom is -0.496 e. The van der Waals surface area contributed by atoms with Crippen LogP contribution in [0.5, 0.6) is 5.75 Å². The van der Waals surface area contributed by atoms with Gasteiger partial charge in [-0.15, -0.1) is 0 Å². The SMILES string of the molecule is COc1ccc(N)cc1CN1CCN(c2ncc(Cc3ccccc3)cn2)CC1. The molecule has 1 fully saturated rings. The molecule has 2 N–H and O–H groups in total. The molecule has 1 aliphatic heterocycles. The Labute approximate surface area is 172 Å². The quantitative estimate of drug-likeness (QED) is 0.654. The molecule has 0 bridgehead atoms. The fourth-order valence-electron chi connectivity index (χ4n) is 3.70. The van der Waals surface area contributed by atoms with Gasteiger partial charge in [0.05, 0.1) is 7.11 Å². The fraction of sp³-hybridized carbons (Fsp3) is 0.304. The smallest absolute Gasteiger partial charge is 0.225 e. The molecule has 29 heavy (non-hydrogen) atoms. The van der Waals surface area contributed by atoms with Crippen LogP contribution in [-0.2, 0) is 13.0 Å². The summed E-state index contributed by atoms with van der Waals surface area (Å²) in [7, 11) is 1.70. The lowest BCUT2D eigenvalue weighted by Crippen LogP contribution is -2.46. The van der Waals surface area contributed by atoms with Crippen molar-refractivity contribution in [2.45, 2.75) is 13.0 Å². The van der Waals surface area contributed by atoms with Crippen LogP contribution >= 0.6 is 0 Å². The Hall–Kier alpha value is -3.12. The molecule has 1 aliphatic rings. The van der Waals surface area contributed by atoms with Gasteiger partial charge in [-0.25, -0.2) is 9.97 Å². The second-order valence-electron chi connectivity index (χ2n) is 7.39. The van der Waals surface area contributed by atoms with Gasteiger partial charge in [0.25, 0.3) is 0 Å². The van der Waals surface area contributed by atoms with Crippen LogP contribution in [-0.4, -0.2) is 48.2 Å². The first-order valence-electron chi connectivity index (χ1n) is 9.96. The minimum absolute atomic E-state index is 0.767. The fourth-order valence-corrected chi connectivity index (χ4v) is 3.70. The zero-order valence-electron chi connectivity index (χ0n) is 16.8. The molecular formula is C23H27N5O. The van der Waals surface area contributed by atoms with E-state index in [1.165, 1.54) is 5.56 Å². The van der Waals surface area contributed by atoms with E-state index in [-0.39, 0.29) is 0 Å². The summed E-state index contributed by atoms with van der Waals surface area (Å²) in [6.07, 6.45) is 4.75. The number of nitrogen functional groups attached to an aromatic ring is 1. The third kappa shape index (κ3) is 4.84. The molecule has 0 unspecified atom stereocenters. The Kier molecular flexibility index (Phi) is 5.91. The highest BCUT2D eigenvalue weighted by molar-refractivity contribution is 5.48. The molecule has 150 valence electrons. The minimum atomic E-state index is 0.767. The van der Waals surface area contributed by atoms with Crippen LogP contribution in [0.3, 0.4) is 0 Å². The van der Waals surface area contributed by atoms with Crippen molar-refractivity contribution in [3.8, 4) is 5.75 Å². The van der Waals surface area contributed by atoms with Crippen molar-refractivity contribution in [1.82, 2.24) is 14.9 Å². The summed E-state index contributed by atoms with van der Waals surface area (Å²) in [6, 6.07) is 16.2. The number of rotatable bonds is 6. The third-order valence-corrected chi connectivity index (χ3v) is 5.30. The summed E-state index contributed by atoms with van der Waals surface area (Å²) in [5.41, 5.74) is 10.2. The second-order valence-corrected chi connectivity index (χ2v) is 7.39. The van der Waals surface area contributed by atoms with E-state index in [0.717, 1.165) is 67.7 Å². The van der Waals surface area contributed by atoms with Gasteiger partial charge >= 0.3 is 0 Å². The molecular weight excluding hydrogens is 362 g/mol.